The summed E-state index contributed by atoms with van der Waals surface area (Å²) in [5, 5.41) is 2.61. The van der Waals surface area contributed by atoms with Crippen molar-refractivity contribution in [3.8, 4) is 0 Å². The van der Waals surface area contributed by atoms with Gasteiger partial charge in [-0.15, -0.1) is 0 Å². The maximum absolute atomic E-state index is 11.0. The predicted octanol–water partition coefficient (Wildman–Crippen LogP) is 1.10. The molecule has 0 unspecified atom stereocenters. The SMILES string of the molecule is C=CC(=O)Nc1ccccc1NN. The minimum atomic E-state index is -0.261. The minimum absolute atomic E-state index is 0.261. The highest BCUT2D eigenvalue weighted by atomic mass is 16.1. The molecule has 0 aliphatic carbocycles. The molecule has 0 bridgehead atoms. The molecule has 0 atom stereocenters. The molecule has 0 aromatic heterocycles. The third kappa shape index (κ3) is 2.31. The summed E-state index contributed by atoms with van der Waals surface area (Å²) < 4.78 is 0. The summed E-state index contributed by atoms with van der Waals surface area (Å²) in [6.45, 7) is 3.35. The van der Waals surface area contributed by atoms with Gasteiger partial charge in [0.05, 0.1) is 11.4 Å². The first-order chi connectivity index (χ1) is 6.27. The number of carbonyl (C=O) groups is 1. The molecule has 4 N–H and O–H groups in total. The standard InChI is InChI=1S/C9H11N3O/c1-2-9(13)11-7-5-3-4-6-8(7)12-10/h2-6,12H,1,10H2,(H,11,13). The smallest absolute Gasteiger partial charge is 0.247 e. The molecule has 0 aliphatic rings. The lowest BCUT2D eigenvalue weighted by Gasteiger charge is -2.07. The Morgan fingerprint density at radius 3 is 2.54 bits per heavy atom. The fourth-order valence-corrected chi connectivity index (χ4v) is 0.902. The molecule has 0 heterocycles. The molecule has 1 rings (SSSR count). The van der Waals surface area contributed by atoms with Gasteiger partial charge in [0.25, 0.3) is 0 Å². The van der Waals surface area contributed by atoms with E-state index in [1.807, 2.05) is 6.07 Å². The number of nitrogens with one attached hydrogen (secondary N) is 2. The van der Waals surface area contributed by atoms with Crippen molar-refractivity contribution in [3.05, 3.63) is 36.9 Å². The summed E-state index contributed by atoms with van der Waals surface area (Å²) >= 11 is 0. The number of nitrogen functional groups attached to an aromatic ring is 1. The lowest BCUT2D eigenvalue weighted by Crippen LogP contribution is -2.13. The molecule has 13 heavy (non-hydrogen) atoms. The Balaban J connectivity index is 2.86. The van der Waals surface area contributed by atoms with E-state index in [1.165, 1.54) is 6.08 Å². The van der Waals surface area contributed by atoms with Crippen LogP contribution >= 0.6 is 0 Å². The molecule has 0 radical (unpaired) electrons. The fourth-order valence-electron chi connectivity index (χ4n) is 0.902. The first-order valence-electron chi connectivity index (χ1n) is 3.77. The highest BCUT2D eigenvalue weighted by Gasteiger charge is 2.00. The van der Waals surface area contributed by atoms with Gasteiger partial charge in [-0.25, -0.2) is 0 Å². The van der Waals surface area contributed by atoms with Gasteiger partial charge in [0.15, 0.2) is 0 Å². The van der Waals surface area contributed by atoms with Gasteiger partial charge in [-0.3, -0.25) is 10.6 Å². The molecule has 1 aromatic rings. The lowest BCUT2D eigenvalue weighted by atomic mass is 10.2. The van der Waals surface area contributed by atoms with Crippen LogP contribution in [0, 0.1) is 0 Å². The number of hydrazine groups is 1. The number of hydrogen-bond donors (Lipinski definition) is 3. The Bertz CT molecular complexity index is 322. The fraction of sp³-hybridized carbons (Fsp3) is 0. The zero-order chi connectivity index (χ0) is 9.68. The summed E-state index contributed by atoms with van der Waals surface area (Å²) in [6.07, 6.45) is 1.20. The number of anilines is 2. The van der Waals surface area contributed by atoms with Crippen molar-refractivity contribution in [1.82, 2.24) is 0 Å². The zero-order valence-corrected chi connectivity index (χ0v) is 7.08. The second-order valence-electron chi connectivity index (χ2n) is 2.38. The van der Waals surface area contributed by atoms with Gasteiger partial charge < -0.3 is 10.7 Å². The zero-order valence-electron chi connectivity index (χ0n) is 7.08. The second-order valence-corrected chi connectivity index (χ2v) is 2.38. The van der Waals surface area contributed by atoms with Crippen LogP contribution in [-0.4, -0.2) is 5.91 Å². The van der Waals surface area contributed by atoms with Crippen LogP contribution in [0.3, 0.4) is 0 Å². The van der Waals surface area contributed by atoms with Gasteiger partial charge in [0, 0.05) is 0 Å². The van der Waals surface area contributed by atoms with Crippen LogP contribution in [0.15, 0.2) is 36.9 Å². The Hall–Kier alpha value is -1.81. The van der Waals surface area contributed by atoms with Crippen LogP contribution < -0.4 is 16.6 Å². The van der Waals surface area contributed by atoms with E-state index in [9.17, 15) is 4.79 Å². The van der Waals surface area contributed by atoms with E-state index in [2.05, 4.69) is 17.3 Å². The van der Waals surface area contributed by atoms with Crippen molar-refractivity contribution in [2.75, 3.05) is 10.7 Å². The average molecular weight is 177 g/mol. The summed E-state index contributed by atoms with van der Waals surface area (Å²) in [6, 6.07) is 7.13. The summed E-state index contributed by atoms with van der Waals surface area (Å²) in [7, 11) is 0. The number of rotatable bonds is 3. The van der Waals surface area contributed by atoms with Crippen LogP contribution in [0.5, 0.6) is 0 Å². The van der Waals surface area contributed by atoms with Crippen molar-refractivity contribution in [3.63, 3.8) is 0 Å². The minimum Gasteiger partial charge on any atom is -0.322 e. The Morgan fingerprint density at radius 2 is 2.00 bits per heavy atom. The van der Waals surface area contributed by atoms with Crippen LogP contribution in [0.25, 0.3) is 0 Å². The Morgan fingerprint density at radius 1 is 1.38 bits per heavy atom. The van der Waals surface area contributed by atoms with Gasteiger partial charge >= 0.3 is 0 Å². The Labute approximate surface area is 76.4 Å². The molecule has 1 aromatic carbocycles. The molecule has 0 fully saturated rings. The lowest BCUT2D eigenvalue weighted by molar-refractivity contribution is -0.111. The quantitative estimate of drug-likeness (QED) is 0.368. The van der Waals surface area contributed by atoms with Crippen molar-refractivity contribution < 1.29 is 4.79 Å². The number of amides is 1. The number of hydrogen-bond acceptors (Lipinski definition) is 3. The van der Waals surface area contributed by atoms with Crippen LogP contribution in [0.2, 0.25) is 0 Å². The topological polar surface area (TPSA) is 67.2 Å². The number of para-hydroxylation sites is 2. The van der Waals surface area contributed by atoms with Gasteiger partial charge in [-0.05, 0) is 18.2 Å². The van der Waals surface area contributed by atoms with Crippen molar-refractivity contribution in [2.24, 2.45) is 5.84 Å². The number of benzene rings is 1. The molecular formula is C9H11N3O. The Kier molecular flexibility index (Phi) is 3.05. The highest BCUT2D eigenvalue weighted by Crippen LogP contribution is 2.19. The van der Waals surface area contributed by atoms with Gasteiger partial charge in [0.1, 0.15) is 0 Å². The predicted molar refractivity (Wildman–Crippen MR) is 53.1 cm³/mol. The summed E-state index contributed by atoms with van der Waals surface area (Å²) in [5.74, 6) is 4.98. The first kappa shape index (κ1) is 9.28. The highest BCUT2D eigenvalue weighted by molar-refractivity contribution is 6.00. The normalized spacial score (nSPS) is 9.00. The van der Waals surface area contributed by atoms with Gasteiger partial charge in [0.2, 0.25) is 5.91 Å². The van der Waals surface area contributed by atoms with E-state index < -0.39 is 0 Å². The van der Waals surface area contributed by atoms with E-state index in [4.69, 9.17) is 5.84 Å². The maximum Gasteiger partial charge on any atom is 0.247 e. The van der Waals surface area contributed by atoms with Crippen molar-refractivity contribution in [1.29, 1.82) is 0 Å². The third-order valence-corrected chi connectivity index (χ3v) is 1.53. The second kappa shape index (κ2) is 4.27. The largest absolute Gasteiger partial charge is 0.322 e. The number of carbonyl (C=O) groups excluding carboxylic acids is 1. The van der Waals surface area contributed by atoms with Crippen LogP contribution in [0.1, 0.15) is 0 Å². The molecule has 0 saturated carbocycles. The molecular weight excluding hydrogens is 166 g/mol. The molecule has 1 amide bonds. The van der Waals surface area contributed by atoms with Crippen molar-refractivity contribution >= 4 is 17.3 Å². The maximum atomic E-state index is 11.0. The van der Waals surface area contributed by atoms with Gasteiger partial charge in [-0.2, -0.15) is 0 Å². The third-order valence-electron chi connectivity index (χ3n) is 1.53. The van der Waals surface area contributed by atoms with E-state index in [0.29, 0.717) is 11.4 Å². The molecule has 4 heteroatoms. The van der Waals surface area contributed by atoms with Crippen LogP contribution in [-0.2, 0) is 4.79 Å². The molecule has 68 valence electrons. The monoisotopic (exact) mass is 177 g/mol. The molecule has 0 saturated heterocycles. The average Bonchev–Trinajstić information content (AvgIpc) is 2.18. The van der Waals surface area contributed by atoms with Crippen molar-refractivity contribution in [2.45, 2.75) is 0 Å². The van der Waals surface area contributed by atoms with E-state index in [0.717, 1.165) is 0 Å². The molecule has 0 aliphatic heterocycles. The van der Waals surface area contributed by atoms with E-state index >= 15 is 0 Å². The number of nitrogens with two attached hydrogens (primary N) is 1. The summed E-state index contributed by atoms with van der Waals surface area (Å²) in [5.41, 5.74) is 3.77. The van der Waals surface area contributed by atoms with E-state index in [-0.39, 0.29) is 5.91 Å². The molecule has 0 spiro atoms. The molecule has 4 nitrogen and oxygen atoms in total. The summed E-state index contributed by atoms with van der Waals surface area (Å²) in [4.78, 5) is 11.0. The van der Waals surface area contributed by atoms with Gasteiger partial charge in [-0.1, -0.05) is 18.7 Å². The first-order valence-corrected chi connectivity index (χ1v) is 3.77. The van der Waals surface area contributed by atoms with Crippen LogP contribution in [0.4, 0.5) is 11.4 Å². The van der Waals surface area contributed by atoms with E-state index in [1.54, 1.807) is 18.2 Å².